The lowest BCUT2D eigenvalue weighted by Crippen LogP contribution is -2.38. The van der Waals surface area contributed by atoms with Gasteiger partial charge in [-0.15, -0.1) is 0 Å². The number of carbonyl (C=O) groups is 4. The van der Waals surface area contributed by atoms with Crippen molar-refractivity contribution in [3.63, 3.8) is 0 Å². The lowest BCUT2D eigenvalue weighted by Gasteiger charge is -2.15. The van der Waals surface area contributed by atoms with Crippen molar-refractivity contribution in [1.82, 2.24) is 30.3 Å². The molecular formula is C26H29FN8O5. The molecule has 210 valence electrons. The topological polar surface area (TPSA) is 159 Å². The van der Waals surface area contributed by atoms with Gasteiger partial charge < -0.3 is 30.4 Å². The van der Waals surface area contributed by atoms with E-state index in [0.29, 0.717) is 23.7 Å². The second-order valence-electron chi connectivity index (χ2n) is 9.66. The van der Waals surface area contributed by atoms with Crippen molar-refractivity contribution >= 4 is 40.8 Å². The van der Waals surface area contributed by atoms with Gasteiger partial charge in [0, 0.05) is 38.1 Å². The Labute approximate surface area is 228 Å². The first-order valence-corrected chi connectivity index (χ1v) is 13.0. The Morgan fingerprint density at radius 1 is 1.10 bits per heavy atom. The van der Waals surface area contributed by atoms with E-state index >= 15 is 0 Å². The highest BCUT2D eigenvalue weighted by molar-refractivity contribution is 5.95. The van der Waals surface area contributed by atoms with Gasteiger partial charge >= 0.3 is 6.09 Å². The molecule has 4 amide bonds. The van der Waals surface area contributed by atoms with Crippen LogP contribution in [0.2, 0.25) is 0 Å². The van der Waals surface area contributed by atoms with Gasteiger partial charge in [0.15, 0.2) is 5.65 Å². The van der Waals surface area contributed by atoms with Crippen LogP contribution in [0.4, 0.5) is 20.6 Å². The van der Waals surface area contributed by atoms with Gasteiger partial charge in [0.2, 0.25) is 11.8 Å². The van der Waals surface area contributed by atoms with E-state index in [-0.39, 0.29) is 50.0 Å². The SMILES string of the molecule is O=C(CNC(=O)c1cn2ccncc2n1)NCCNc1ccc(N2C[C@H](CNC(=O)CC3CC3)OC2=O)cc1F. The van der Waals surface area contributed by atoms with Gasteiger partial charge in [0.25, 0.3) is 5.91 Å². The van der Waals surface area contributed by atoms with Gasteiger partial charge in [-0.05, 0) is 37.0 Å². The van der Waals surface area contributed by atoms with Crippen LogP contribution < -0.4 is 26.2 Å². The molecule has 1 saturated carbocycles. The highest BCUT2D eigenvalue weighted by Gasteiger charge is 2.33. The number of hydrogen-bond acceptors (Lipinski definition) is 8. The third kappa shape index (κ3) is 6.81. The number of nitrogens with one attached hydrogen (secondary N) is 4. The van der Waals surface area contributed by atoms with Crippen LogP contribution in [0.15, 0.2) is 43.0 Å². The largest absolute Gasteiger partial charge is 0.442 e. The fourth-order valence-corrected chi connectivity index (χ4v) is 4.20. The Bertz CT molecular complexity index is 1390. The normalized spacial score (nSPS) is 16.5. The molecule has 1 aromatic carbocycles. The predicted molar refractivity (Wildman–Crippen MR) is 141 cm³/mol. The molecule has 1 saturated heterocycles. The van der Waals surface area contributed by atoms with Crippen LogP contribution in [0.1, 0.15) is 29.8 Å². The van der Waals surface area contributed by atoms with Gasteiger partial charge in [-0.2, -0.15) is 0 Å². The maximum Gasteiger partial charge on any atom is 0.414 e. The first-order chi connectivity index (χ1) is 19.4. The van der Waals surface area contributed by atoms with Crippen LogP contribution in [0, 0.1) is 11.7 Å². The van der Waals surface area contributed by atoms with Crippen molar-refractivity contribution in [2.75, 3.05) is 42.9 Å². The molecule has 3 aromatic rings. The zero-order chi connectivity index (χ0) is 28.1. The molecule has 1 aliphatic carbocycles. The number of cyclic esters (lactones) is 1. The van der Waals surface area contributed by atoms with Gasteiger partial charge in [-0.1, -0.05) is 0 Å². The number of ether oxygens (including phenoxy) is 1. The Morgan fingerprint density at radius 3 is 2.73 bits per heavy atom. The maximum atomic E-state index is 14.7. The van der Waals surface area contributed by atoms with Crippen LogP contribution in [0.5, 0.6) is 0 Å². The first-order valence-electron chi connectivity index (χ1n) is 13.0. The standard InChI is InChI=1S/C26H29FN8O5/c27-19-10-17(35-14-18(40-26(35)39)11-31-23(36)9-16-1-2-16)3-4-20(19)29-5-6-30-24(37)13-32-25(38)21-15-34-8-7-28-12-22(34)33-21/h3-4,7-8,10,12,15-16,18,29H,1-2,5-6,9,11,13-14H2,(H,30,37)(H,31,36)(H,32,38)/t18-/m0/s1. The van der Waals surface area contributed by atoms with E-state index in [9.17, 15) is 23.6 Å². The number of aromatic nitrogens is 3. The van der Waals surface area contributed by atoms with Crippen LogP contribution in [-0.2, 0) is 14.3 Å². The van der Waals surface area contributed by atoms with Gasteiger partial charge in [-0.3, -0.25) is 24.3 Å². The van der Waals surface area contributed by atoms with Gasteiger partial charge in [-0.25, -0.2) is 14.2 Å². The smallest absolute Gasteiger partial charge is 0.414 e. The second kappa shape index (κ2) is 12.0. The van der Waals surface area contributed by atoms with Crippen LogP contribution >= 0.6 is 0 Å². The van der Waals surface area contributed by atoms with E-state index < -0.39 is 29.8 Å². The van der Waals surface area contributed by atoms with E-state index in [1.807, 2.05) is 0 Å². The molecule has 40 heavy (non-hydrogen) atoms. The van der Waals surface area contributed by atoms with Crippen molar-refractivity contribution in [2.45, 2.75) is 25.4 Å². The fourth-order valence-electron chi connectivity index (χ4n) is 4.20. The molecule has 0 radical (unpaired) electrons. The summed E-state index contributed by atoms with van der Waals surface area (Å²) in [6.45, 7) is 0.576. The molecule has 1 atom stereocenters. The lowest BCUT2D eigenvalue weighted by molar-refractivity contribution is -0.122. The number of rotatable bonds is 12. The Morgan fingerprint density at radius 2 is 1.95 bits per heavy atom. The van der Waals surface area contributed by atoms with E-state index in [1.54, 1.807) is 22.9 Å². The highest BCUT2D eigenvalue weighted by atomic mass is 19.1. The number of benzene rings is 1. The summed E-state index contributed by atoms with van der Waals surface area (Å²) in [5, 5.41) is 10.8. The van der Waals surface area contributed by atoms with Gasteiger partial charge in [0.1, 0.15) is 17.6 Å². The maximum absolute atomic E-state index is 14.7. The third-order valence-corrected chi connectivity index (χ3v) is 6.51. The zero-order valence-corrected chi connectivity index (χ0v) is 21.6. The van der Waals surface area contributed by atoms with Crippen LogP contribution in [-0.4, -0.2) is 77.0 Å². The van der Waals surface area contributed by atoms with Crippen molar-refractivity contribution in [3.05, 3.63) is 54.5 Å². The molecule has 0 spiro atoms. The molecule has 0 bridgehead atoms. The average molecular weight is 553 g/mol. The van der Waals surface area contributed by atoms with E-state index in [1.165, 1.54) is 29.4 Å². The minimum absolute atomic E-state index is 0.0550. The van der Waals surface area contributed by atoms with E-state index in [4.69, 9.17) is 4.74 Å². The summed E-state index contributed by atoms with van der Waals surface area (Å²) in [5.41, 5.74) is 1.21. The number of carbonyl (C=O) groups excluding carboxylic acids is 4. The predicted octanol–water partition coefficient (Wildman–Crippen LogP) is 1.07. The first kappa shape index (κ1) is 26.8. The summed E-state index contributed by atoms with van der Waals surface area (Å²) in [4.78, 5) is 57.9. The van der Waals surface area contributed by atoms with E-state index in [0.717, 1.165) is 12.8 Å². The molecule has 14 heteroatoms. The summed E-state index contributed by atoms with van der Waals surface area (Å²) in [5.74, 6) is -1.07. The Hall–Kier alpha value is -4.75. The number of amides is 4. The molecule has 1 aliphatic heterocycles. The fraction of sp³-hybridized carbons (Fsp3) is 0.385. The molecular weight excluding hydrogens is 523 g/mol. The number of halogens is 1. The molecule has 2 aromatic heterocycles. The molecule has 4 N–H and O–H groups in total. The monoisotopic (exact) mass is 552 g/mol. The number of fused-ring (bicyclic) bond motifs is 1. The summed E-state index contributed by atoms with van der Waals surface area (Å²) in [6, 6.07) is 4.31. The summed E-state index contributed by atoms with van der Waals surface area (Å²) >= 11 is 0. The quantitative estimate of drug-likeness (QED) is 0.243. The number of anilines is 2. The average Bonchev–Trinajstić information content (AvgIpc) is 3.51. The Balaban J connectivity index is 1.01. The van der Waals surface area contributed by atoms with Gasteiger partial charge in [0.05, 0.1) is 37.2 Å². The van der Waals surface area contributed by atoms with Crippen molar-refractivity contribution in [1.29, 1.82) is 0 Å². The van der Waals surface area contributed by atoms with Crippen molar-refractivity contribution in [3.8, 4) is 0 Å². The number of hydrogen-bond donors (Lipinski definition) is 4. The minimum Gasteiger partial charge on any atom is -0.442 e. The summed E-state index contributed by atoms with van der Waals surface area (Å²) in [6.07, 6.45) is 7.81. The molecule has 13 nitrogen and oxygen atoms in total. The zero-order valence-electron chi connectivity index (χ0n) is 21.6. The highest BCUT2D eigenvalue weighted by Crippen LogP contribution is 2.32. The molecule has 0 unspecified atom stereocenters. The number of nitrogens with zero attached hydrogens (tertiary/aromatic N) is 4. The van der Waals surface area contributed by atoms with Crippen molar-refractivity contribution < 1.29 is 28.3 Å². The minimum atomic E-state index is -0.602. The summed E-state index contributed by atoms with van der Waals surface area (Å²) in [7, 11) is 0. The summed E-state index contributed by atoms with van der Waals surface area (Å²) < 4.78 is 21.6. The molecule has 2 fully saturated rings. The van der Waals surface area contributed by atoms with Crippen LogP contribution in [0.3, 0.4) is 0 Å². The Kier molecular flexibility index (Phi) is 8.03. The van der Waals surface area contributed by atoms with Crippen molar-refractivity contribution in [2.24, 2.45) is 5.92 Å². The molecule has 5 rings (SSSR count). The molecule has 3 heterocycles. The number of imidazole rings is 1. The molecule has 2 aliphatic rings. The lowest BCUT2D eigenvalue weighted by atomic mass is 10.2. The second-order valence-corrected chi connectivity index (χ2v) is 9.66. The van der Waals surface area contributed by atoms with Crippen LogP contribution in [0.25, 0.3) is 5.65 Å². The van der Waals surface area contributed by atoms with E-state index in [2.05, 4.69) is 31.2 Å². The third-order valence-electron chi connectivity index (χ3n) is 6.51.